The summed E-state index contributed by atoms with van der Waals surface area (Å²) < 4.78 is 5.87. The number of carbonyl (C=O) groups excluding carboxylic acids is 2. The molecule has 0 spiro atoms. The van der Waals surface area contributed by atoms with Crippen LogP contribution < -0.4 is 10.1 Å². The summed E-state index contributed by atoms with van der Waals surface area (Å²) in [6.07, 6.45) is 7.58. The SMILES string of the molecule is O=C1CN2Cc3c(Cl)cc(OCCCCC(=O)N(CCO)C4CCCCC4)cc3N=C2N1. The van der Waals surface area contributed by atoms with E-state index in [2.05, 4.69) is 10.3 Å². The Kier molecular flexibility index (Phi) is 7.52. The highest BCUT2D eigenvalue weighted by Gasteiger charge is 2.30. The van der Waals surface area contributed by atoms with Gasteiger partial charge >= 0.3 is 0 Å². The Morgan fingerprint density at radius 2 is 2.06 bits per heavy atom. The van der Waals surface area contributed by atoms with E-state index in [9.17, 15) is 14.7 Å². The number of amides is 2. The smallest absolute Gasteiger partial charge is 0.246 e. The molecule has 1 aliphatic carbocycles. The fourth-order valence-electron chi connectivity index (χ4n) is 4.69. The highest BCUT2D eigenvalue weighted by Crippen LogP contribution is 2.36. The van der Waals surface area contributed by atoms with Crippen molar-refractivity contribution in [1.29, 1.82) is 0 Å². The highest BCUT2D eigenvalue weighted by molar-refractivity contribution is 6.32. The van der Waals surface area contributed by atoms with E-state index in [1.54, 1.807) is 6.07 Å². The molecule has 3 aliphatic rings. The molecule has 8 nitrogen and oxygen atoms in total. The summed E-state index contributed by atoms with van der Waals surface area (Å²) in [5, 5.41) is 12.7. The first-order valence-corrected chi connectivity index (χ1v) is 11.9. The van der Waals surface area contributed by atoms with Gasteiger partial charge in [0.15, 0.2) is 0 Å². The Morgan fingerprint density at radius 1 is 1.25 bits per heavy atom. The summed E-state index contributed by atoms with van der Waals surface area (Å²) in [7, 11) is 0. The molecular formula is C23H31ClN4O4. The molecule has 1 aromatic rings. The van der Waals surface area contributed by atoms with Gasteiger partial charge < -0.3 is 19.6 Å². The number of unbranched alkanes of at least 4 members (excludes halogenated alkanes) is 1. The number of aliphatic imine (C=N–C) groups is 1. The molecule has 1 saturated carbocycles. The third-order valence-electron chi connectivity index (χ3n) is 6.34. The summed E-state index contributed by atoms with van der Waals surface area (Å²) >= 11 is 6.44. The van der Waals surface area contributed by atoms with Crippen LogP contribution >= 0.6 is 11.6 Å². The molecule has 2 N–H and O–H groups in total. The number of halogens is 1. The Bertz CT molecular complexity index is 885. The van der Waals surface area contributed by atoms with E-state index in [1.807, 2.05) is 15.9 Å². The van der Waals surface area contributed by atoms with Crippen molar-refractivity contribution < 1.29 is 19.4 Å². The van der Waals surface area contributed by atoms with Gasteiger partial charge in [-0.1, -0.05) is 30.9 Å². The van der Waals surface area contributed by atoms with E-state index < -0.39 is 0 Å². The minimum atomic E-state index is -0.0697. The second-order valence-electron chi connectivity index (χ2n) is 8.65. The van der Waals surface area contributed by atoms with E-state index in [4.69, 9.17) is 16.3 Å². The number of ether oxygens (including phenoxy) is 1. The van der Waals surface area contributed by atoms with Crippen molar-refractivity contribution in [2.45, 2.75) is 64.0 Å². The molecule has 0 atom stereocenters. The van der Waals surface area contributed by atoms with Gasteiger partial charge in [-0.05, 0) is 31.7 Å². The van der Waals surface area contributed by atoms with Crippen molar-refractivity contribution in [1.82, 2.24) is 15.1 Å². The monoisotopic (exact) mass is 462 g/mol. The number of benzene rings is 1. The molecule has 2 heterocycles. The van der Waals surface area contributed by atoms with Crippen LogP contribution in [0.4, 0.5) is 5.69 Å². The quantitative estimate of drug-likeness (QED) is 0.550. The lowest BCUT2D eigenvalue weighted by molar-refractivity contribution is -0.135. The molecule has 0 unspecified atom stereocenters. The maximum absolute atomic E-state index is 12.7. The Hall–Kier alpha value is -2.32. The predicted octanol–water partition coefficient (Wildman–Crippen LogP) is 2.98. The Balaban J connectivity index is 1.25. The molecule has 0 aromatic heterocycles. The molecule has 2 amide bonds. The van der Waals surface area contributed by atoms with Gasteiger partial charge in [-0.25, -0.2) is 4.99 Å². The summed E-state index contributed by atoms with van der Waals surface area (Å²) in [6, 6.07) is 3.90. The normalized spacial score (nSPS) is 18.0. The van der Waals surface area contributed by atoms with Gasteiger partial charge in [0.25, 0.3) is 0 Å². The average Bonchev–Trinajstić information content (AvgIpc) is 3.15. The minimum Gasteiger partial charge on any atom is -0.493 e. The number of nitrogens with zero attached hydrogens (tertiary/aromatic N) is 3. The molecule has 1 saturated heterocycles. The number of aliphatic hydroxyl groups is 1. The predicted molar refractivity (Wildman–Crippen MR) is 122 cm³/mol. The second kappa shape index (κ2) is 10.5. The van der Waals surface area contributed by atoms with Crippen molar-refractivity contribution in [3.63, 3.8) is 0 Å². The van der Waals surface area contributed by atoms with Crippen LogP contribution in [0.15, 0.2) is 17.1 Å². The molecule has 4 rings (SSSR count). The summed E-state index contributed by atoms with van der Waals surface area (Å²) in [6.45, 7) is 1.75. The minimum absolute atomic E-state index is 0.01000. The fourth-order valence-corrected chi connectivity index (χ4v) is 4.95. The zero-order chi connectivity index (χ0) is 22.5. The molecule has 174 valence electrons. The van der Waals surface area contributed by atoms with Gasteiger partial charge in [-0.15, -0.1) is 0 Å². The molecule has 0 radical (unpaired) electrons. The first kappa shape index (κ1) is 22.9. The van der Waals surface area contributed by atoms with E-state index in [1.165, 1.54) is 6.42 Å². The van der Waals surface area contributed by atoms with E-state index in [0.717, 1.165) is 44.1 Å². The van der Waals surface area contributed by atoms with Crippen LogP contribution in [0.3, 0.4) is 0 Å². The van der Waals surface area contributed by atoms with E-state index >= 15 is 0 Å². The average molecular weight is 463 g/mol. The lowest BCUT2D eigenvalue weighted by Gasteiger charge is -2.34. The molecular weight excluding hydrogens is 432 g/mol. The van der Waals surface area contributed by atoms with Crippen molar-refractivity contribution in [3.05, 3.63) is 22.7 Å². The van der Waals surface area contributed by atoms with Crippen LogP contribution in [0.2, 0.25) is 5.02 Å². The number of rotatable bonds is 9. The van der Waals surface area contributed by atoms with Crippen LogP contribution in [0.5, 0.6) is 5.75 Å². The molecule has 9 heteroatoms. The summed E-state index contributed by atoms with van der Waals surface area (Å²) in [4.78, 5) is 32.5. The zero-order valence-electron chi connectivity index (χ0n) is 18.3. The van der Waals surface area contributed by atoms with Gasteiger partial charge in [-0.3, -0.25) is 14.9 Å². The number of hydrogen-bond acceptors (Lipinski definition) is 6. The highest BCUT2D eigenvalue weighted by atomic mass is 35.5. The van der Waals surface area contributed by atoms with Gasteiger partial charge in [0.1, 0.15) is 12.3 Å². The Morgan fingerprint density at radius 3 is 2.84 bits per heavy atom. The van der Waals surface area contributed by atoms with Crippen LogP contribution in [0.1, 0.15) is 56.9 Å². The largest absolute Gasteiger partial charge is 0.493 e. The first-order valence-electron chi connectivity index (χ1n) is 11.5. The second-order valence-corrected chi connectivity index (χ2v) is 9.06. The first-order chi connectivity index (χ1) is 15.5. The molecule has 32 heavy (non-hydrogen) atoms. The van der Waals surface area contributed by atoms with Gasteiger partial charge in [0.2, 0.25) is 17.8 Å². The Labute approximate surface area is 193 Å². The molecule has 2 aliphatic heterocycles. The number of guanidine groups is 1. The summed E-state index contributed by atoms with van der Waals surface area (Å²) in [5.41, 5.74) is 1.60. The zero-order valence-corrected chi connectivity index (χ0v) is 19.1. The third kappa shape index (κ3) is 5.35. The maximum Gasteiger partial charge on any atom is 0.246 e. The van der Waals surface area contributed by atoms with Gasteiger partial charge in [0.05, 0.1) is 23.9 Å². The van der Waals surface area contributed by atoms with E-state index in [0.29, 0.717) is 55.1 Å². The van der Waals surface area contributed by atoms with Crippen LogP contribution in [0.25, 0.3) is 0 Å². The lowest BCUT2D eigenvalue weighted by Crippen LogP contribution is -2.43. The van der Waals surface area contributed by atoms with Gasteiger partial charge in [0, 0.05) is 37.2 Å². The molecule has 2 fully saturated rings. The molecule has 0 bridgehead atoms. The maximum atomic E-state index is 12.7. The topological polar surface area (TPSA) is 94.5 Å². The third-order valence-corrected chi connectivity index (χ3v) is 6.67. The van der Waals surface area contributed by atoms with Crippen LogP contribution in [-0.4, -0.2) is 65.0 Å². The number of fused-ring (bicyclic) bond motifs is 2. The fraction of sp³-hybridized carbons (Fsp3) is 0.609. The van der Waals surface area contributed by atoms with Gasteiger partial charge in [-0.2, -0.15) is 0 Å². The summed E-state index contributed by atoms with van der Waals surface area (Å²) in [5.74, 6) is 1.24. The van der Waals surface area contributed by atoms with Crippen LogP contribution in [-0.2, 0) is 16.1 Å². The van der Waals surface area contributed by atoms with Crippen molar-refractivity contribution in [2.75, 3.05) is 26.3 Å². The molecule has 1 aromatic carbocycles. The standard InChI is InChI=1S/C23H31ClN4O4/c24-19-12-17(13-20-18(19)14-27-15-21(30)26-23(27)25-20)32-11-5-4-8-22(31)28(9-10-29)16-6-2-1-3-7-16/h12-13,16,29H,1-11,14-15H2,(H,25,26,30). The van der Waals surface area contributed by atoms with Crippen LogP contribution in [0, 0.1) is 0 Å². The number of hydrogen-bond donors (Lipinski definition) is 2. The van der Waals surface area contributed by atoms with Crippen molar-refractivity contribution in [2.24, 2.45) is 4.99 Å². The van der Waals surface area contributed by atoms with Crippen molar-refractivity contribution >= 4 is 35.1 Å². The number of aliphatic hydroxyl groups excluding tert-OH is 1. The van der Waals surface area contributed by atoms with Crippen molar-refractivity contribution in [3.8, 4) is 5.75 Å². The van der Waals surface area contributed by atoms with E-state index in [-0.39, 0.29) is 24.5 Å². The number of carbonyl (C=O) groups is 2. The lowest BCUT2D eigenvalue weighted by atomic mass is 9.94. The number of nitrogens with one attached hydrogen (secondary N) is 1.